The maximum absolute atomic E-state index is 11.9. The quantitative estimate of drug-likeness (QED) is 0.371. The molecule has 1 aliphatic rings. The van der Waals surface area contributed by atoms with Crippen LogP contribution in [0.15, 0.2) is 69.4 Å². The maximum atomic E-state index is 11.9. The summed E-state index contributed by atoms with van der Waals surface area (Å²) in [4.78, 5) is 32.1. The Labute approximate surface area is 184 Å². The molecule has 0 fully saturated rings. The molecular weight excluding hydrogens is 418 g/mol. The number of nitrogens with one attached hydrogen (secondary N) is 1. The van der Waals surface area contributed by atoms with E-state index in [1.165, 1.54) is 30.9 Å². The minimum atomic E-state index is -0.543. The number of allylic oxidation sites excluding steroid dienone is 1. The van der Waals surface area contributed by atoms with Crippen LogP contribution in [0.1, 0.15) is 19.4 Å². The van der Waals surface area contributed by atoms with Gasteiger partial charge in [-0.3, -0.25) is 15.1 Å². The highest BCUT2D eigenvalue weighted by Gasteiger charge is 2.42. The number of hydrogen-bond acceptors (Lipinski definition) is 7. The van der Waals surface area contributed by atoms with Gasteiger partial charge >= 0.3 is 6.09 Å². The average molecular weight is 443 g/mol. The molecule has 0 saturated heterocycles. The smallest absolute Gasteiger partial charge is 0.398 e. The fourth-order valence-electron chi connectivity index (χ4n) is 3.13. The summed E-state index contributed by atoms with van der Waals surface area (Å²) in [5.74, 6) is 0.106. The van der Waals surface area contributed by atoms with Crippen molar-refractivity contribution in [3.05, 3.63) is 75.2 Å². The average Bonchev–Trinajstić information content (AvgIpc) is 3.11. The van der Waals surface area contributed by atoms with Gasteiger partial charge in [0.1, 0.15) is 12.2 Å². The van der Waals surface area contributed by atoms with Crippen LogP contribution < -0.4 is 5.32 Å². The molecule has 1 atom stereocenters. The number of nitro groups is 1. The molecule has 162 valence electrons. The van der Waals surface area contributed by atoms with E-state index in [-0.39, 0.29) is 22.8 Å². The molecule has 31 heavy (non-hydrogen) atoms. The summed E-state index contributed by atoms with van der Waals surface area (Å²) in [5.41, 5.74) is 1.86. The second-order valence-electron chi connectivity index (χ2n) is 7.30. The number of non-ortho nitro benzene ring substituents is 1. The van der Waals surface area contributed by atoms with Crippen LogP contribution in [0.3, 0.4) is 0 Å². The highest BCUT2D eigenvalue weighted by atomic mass is 32.2. The van der Waals surface area contributed by atoms with E-state index in [4.69, 9.17) is 4.74 Å². The van der Waals surface area contributed by atoms with Crippen LogP contribution in [0.5, 0.6) is 0 Å². The molecule has 0 spiro atoms. The van der Waals surface area contributed by atoms with E-state index in [0.29, 0.717) is 11.4 Å². The van der Waals surface area contributed by atoms with Crippen molar-refractivity contribution in [2.24, 2.45) is 10.9 Å². The van der Waals surface area contributed by atoms with Gasteiger partial charge < -0.3 is 10.1 Å². The summed E-state index contributed by atoms with van der Waals surface area (Å²) in [6, 6.07) is 10.3. The number of nitro benzene ring substituents is 1. The number of carbonyl (C=O) groups is 1. The number of pyridine rings is 1. The van der Waals surface area contributed by atoms with Gasteiger partial charge in [0.15, 0.2) is 6.34 Å². The van der Waals surface area contributed by atoms with Crippen LogP contribution in [0.2, 0.25) is 0 Å². The minimum Gasteiger partial charge on any atom is -0.398 e. The van der Waals surface area contributed by atoms with Gasteiger partial charge in [-0.1, -0.05) is 19.9 Å². The van der Waals surface area contributed by atoms with E-state index < -0.39 is 11.0 Å². The maximum Gasteiger partial charge on any atom is 0.411 e. The Morgan fingerprint density at radius 2 is 2.03 bits per heavy atom. The molecule has 1 N–H and O–H groups in total. The molecule has 1 aromatic carbocycles. The number of benzene rings is 1. The topological polar surface area (TPSA) is 107 Å². The molecule has 10 heteroatoms. The Hall–Kier alpha value is -3.24. The molecule has 0 aliphatic carbocycles. The number of thioether (sulfide) groups is 1. The predicted octanol–water partition coefficient (Wildman–Crippen LogP) is 4.28. The van der Waals surface area contributed by atoms with E-state index in [1.54, 1.807) is 24.8 Å². The molecule has 0 bridgehead atoms. The number of aromatic nitrogens is 1. The molecule has 1 amide bonds. The molecule has 2 heterocycles. The van der Waals surface area contributed by atoms with Crippen LogP contribution in [-0.4, -0.2) is 40.6 Å². The summed E-state index contributed by atoms with van der Waals surface area (Å²) < 4.78 is 5.62. The zero-order valence-electron chi connectivity index (χ0n) is 17.5. The van der Waals surface area contributed by atoms with Crippen molar-refractivity contribution in [3.63, 3.8) is 0 Å². The largest absolute Gasteiger partial charge is 0.411 e. The number of rotatable bonds is 8. The van der Waals surface area contributed by atoms with Gasteiger partial charge in [-0.2, -0.15) is 0 Å². The van der Waals surface area contributed by atoms with E-state index in [1.807, 2.05) is 32.0 Å². The third kappa shape index (κ3) is 5.28. The van der Waals surface area contributed by atoms with Gasteiger partial charge in [-0.25, -0.2) is 14.3 Å². The van der Waals surface area contributed by atoms with Crippen molar-refractivity contribution in [2.75, 3.05) is 13.8 Å². The lowest BCUT2D eigenvalue weighted by Gasteiger charge is -2.31. The lowest BCUT2D eigenvalue weighted by molar-refractivity contribution is -0.819. The number of hydrogen-bond donors (Lipinski definition) is 1. The normalized spacial score (nSPS) is 17.8. The number of alkyl carbamates (subject to hydrolysis) is 1. The van der Waals surface area contributed by atoms with Crippen LogP contribution in [-0.2, 0) is 11.3 Å². The lowest BCUT2D eigenvalue weighted by atomic mass is 10.1. The molecule has 9 nitrogen and oxygen atoms in total. The van der Waals surface area contributed by atoms with Gasteiger partial charge in [-0.05, 0) is 30.0 Å². The monoisotopic (exact) mass is 442 g/mol. The van der Waals surface area contributed by atoms with E-state index in [0.717, 1.165) is 16.3 Å². The molecule has 0 saturated carbocycles. The van der Waals surface area contributed by atoms with Crippen LogP contribution >= 0.6 is 11.8 Å². The zero-order valence-corrected chi connectivity index (χ0v) is 18.3. The molecule has 1 aromatic heterocycles. The van der Waals surface area contributed by atoms with Crippen LogP contribution in [0, 0.1) is 16.0 Å². The zero-order chi connectivity index (χ0) is 22.4. The summed E-state index contributed by atoms with van der Waals surface area (Å²) in [7, 11) is 1.50. The third-order valence-electron chi connectivity index (χ3n) is 4.68. The van der Waals surface area contributed by atoms with Crippen molar-refractivity contribution in [3.8, 4) is 0 Å². The Morgan fingerprint density at radius 1 is 1.29 bits per heavy atom. The van der Waals surface area contributed by atoms with E-state index >= 15 is 0 Å². The van der Waals surface area contributed by atoms with E-state index in [2.05, 4.69) is 15.3 Å². The minimum absolute atomic E-state index is 0.0180. The predicted molar refractivity (Wildman–Crippen MR) is 118 cm³/mol. The molecule has 1 aliphatic heterocycles. The first kappa shape index (κ1) is 22.4. The van der Waals surface area contributed by atoms with Crippen molar-refractivity contribution in [1.29, 1.82) is 0 Å². The second kappa shape index (κ2) is 9.71. The lowest BCUT2D eigenvalue weighted by Crippen LogP contribution is -2.46. The Balaban J connectivity index is 2.04. The number of nitrogens with zero attached hydrogens (tertiary/aromatic N) is 4. The molecular formula is C21H24N5O4S+. The number of aliphatic imine (C=N–C) groups is 1. The number of quaternary nitrogens is 1. The molecule has 2 aromatic rings. The van der Waals surface area contributed by atoms with Crippen molar-refractivity contribution >= 4 is 29.9 Å². The summed E-state index contributed by atoms with van der Waals surface area (Å²) in [5, 5.41) is 14.5. The highest BCUT2D eigenvalue weighted by molar-refractivity contribution is 8.02. The number of carbonyl (C=O) groups excluding carboxylic acids is 1. The SMILES string of the molecule is CNC(=O)OC[N+]1(Cc2ccncc2)C=NC(C(C)C)=C1Sc1cccc([N+](=O)[O-])c1. The van der Waals surface area contributed by atoms with Crippen molar-refractivity contribution in [2.45, 2.75) is 25.3 Å². The molecule has 3 rings (SSSR count). The standard InChI is InChI=1S/C21H23N5O4S/c1-15(2)19-20(31-18-6-4-5-17(11-18)25(28)29)26(13-24-19,14-30-21(27)22-3)12-16-7-9-23-10-8-16/h4-11,13,15H,12,14H2,1-3H3/p+1. The Bertz CT molecular complexity index is 1030. The summed E-state index contributed by atoms with van der Waals surface area (Å²) in [6.45, 7) is 4.58. The second-order valence-corrected chi connectivity index (χ2v) is 8.37. The fourth-order valence-corrected chi connectivity index (χ4v) is 4.42. The van der Waals surface area contributed by atoms with Crippen molar-refractivity contribution in [1.82, 2.24) is 10.3 Å². The van der Waals surface area contributed by atoms with Gasteiger partial charge in [0.2, 0.25) is 11.8 Å². The third-order valence-corrected chi connectivity index (χ3v) is 5.93. The Morgan fingerprint density at radius 3 is 2.68 bits per heavy atom. The van der Waals surface area contributed by atoms with Gasteiger partial charge in [0, 0.05) is 48.0 Å². The van der Waals surface area contributed by atoms with Crippen LogP contribution in [0.4, 0.5) is 10.5 Å². The van der Waals surface area contributed by atoms with Gasteiger partial charge in [-0.15, -0.1) is 0 Å². The fraction of sp³-hybridized carbons (Fsp3) is 0.286. The highest BCUT2D eigenvalue weighted by Crippen LogP contribution is 2.43. The first-order valence-electron chi connectivity index (χ1n) is 9.67. The van der Waals surface area contributed by atoms with Gasteiger partial charge in [0.25, 0.3) is 5.69 Å². The number of ether oxygens (including phenoxy) is 1. The first-order valence-corrected chi connectivity index (χ1v) is 10.5. The summed E-state index contributed by atoms with van der Waals surface area (Å²) >= 11 is 1.40. The first-order chi connectivity index (χ1) is 14.8. The Kier molecular flexibility index (Phi) is 7.03. The van der Waals surface area contributed by atoms with E-state index in [9.17, 15) is 14.9 Å². The van der Waals surface area contributed by atoms with Gasteiger partial charge in [0.05, 0.1) is 4.92 Å². The number of amides is 1. The molecule has 1 unspecified atom stereocenters. The van der Waals surface area contributed by atoms with Crippen molar-refractivity contribution < 1.29 is 18.9 Å². The molecule has 0 radical (unpaired) electrons. The summed E-state index contributed by atoms with van der Waals surface area (Å²) in [6.07, 6.45) is 4.65. The van der Waals surface area contributed by atoms with Crippen LogP contribution in [0.25, 0.3) is 0 Å².